The molecule has 0 fully saturated rings. The number of fused-ring (bicyclic) bond motifs is 14. The van der Waals surface area contributed by atoms with Crippen LogP contribution in [-0.2, 0) is 5.41 Å². The smallest absolute Gasteiger partial charge is 0.180 e. The first kappa shape index (κ1) is 37.9. The van der Waals surface area contributed by atoms with Crippen LogP contribution in [0.15, 0.2) is 234 Å². The highest BCUT2D eigenvalue weighted by atomic mass is 32.2. The summed E-state index contributed by atoms with van der Waals surface area (Å²) >= 11 is 1.90. The molecule has 0 saturated heterocycles. The zero-order chi connectivity index (χ0) is 43.7. The van der Waals surface area contributed by atoms with E-state index in [2.05, 4.69) is 243 Å². The fraction of sp³-hybridized carbons (Fsp3) is 0.0476. The van der Waals surface area contributed by atoms with Gasteiger partial charge in [-0.2, -0.15) is 0 Å². The SMILES string of the molecule is CC1(C)c2cc(N3c4cc(-c5ccc6c(c5)-c5c(ccc7ccccc57)[Si]6(c5ccccc5)c5ccccc5)ccc4Sc4c3ccc3ccccc43)ccc2-c2c1ccc1ccccc21. The Hall–Kier alpha value is -7.43. The summed E-state index contributed by atoms with van der Waals surface area (Å²) in [6, 6.07) is 85.3. The van der Waals surface area contributed by atoms with Gasteiger partial charge in [-0.05, 0) is 134 Å². The standard InChI is InChI=1S/C63H43NSSi/c1-63(2)53-32-25-40-15-9-12-22-48(40)60(53)51-31-30-45(39-54(51)63)64-55-33-26-42-17-11-14-24-50(42)62(55)65-57-34-27-44(38-56(57)64)43-29-35-58-52(37-43)61-49-23-13-10-16-41(49)28-36-59(61)66(58,46-18-5-3-6-19-46)47-20-7-4-8-21-47/h3-39H,1-2H3. The van der Waals surface area contributed by atoms with Crippen molar-refractivity contribution in [1.82, 2.24) is 0 Å². The third-order valence-corrected chi connectivity index (χ3v) is 21.2. The quantitative estimate of drug-likeness (QED) is 0.162. The Kier molecular flexibility index (Phi) is 8.06. The van der Waals surface area contributed by atoms with E-state index >= 15 is 0 Å². The van der Waals surface area contributed by atoms with Crippen LogP contribution in [0.1, 0.15) is 25.0 Å². The minimum absolute atomic E-state index is 0.158. The molecule has 0 amide bonds. The maximum Gasteiger partial charge on any atom is 0.180 e. The predicted molar refractivity (Wildman–Crippen MR) is 283 cm³/mol. The lowest BCUT2D eigenvalue weighted by Gasteiger charge is -2.35. The Morgan fingerprint density at radius 1 is 0.409 bits per heavy atom. The van der Waals surface area contributed by atoms with Crippen molar-refractivity contribution >= 4 is 90.0 Å². The Labute approximate surface area is 390 Å². The molecule has 0 bridgehead atoms. The molecule has 0 atom stereocenters. The van der Waals surface area contributed by atoms with Gasteiger partial charge in [0.05, 0.1) is 11.4 Å². The van der Waals surface area contributed by atoms with Gasteiger partial charge in [0.25, 0.3) is 0 Å². The summed E-state index contributed by atoms with van der Waals surface area (Å²) in [5, 5.41) is 13.5. The van der Waals surface area contributed by atoms with Crippen LogP contribution in [0, 0.1) is 0 Å². The summed E-state index contributed by atoms with van der Waals surface area (Å²) in [7, 11) is -2.68. The van der Waals surface area contributed by atoms with Crippen molar-refractivity contribution in [2.24, 2.45) is 0 Å². The number of benzene rings is 11. The molecule has 0 spiro atoms. The molecule has 11 aromatic carbocycles. The molecule has 3 aliphatic rings. The van der Waals surface area contributed by atoms with Crippen molar-refractivity contribution in [3.05, 3.63) is 236 Å². The van der Waals surface area contributed by atoms with Crippen molar-refractivity contribution in [2.75, 3.05) is 4.90 Å². The lowest BCUT2D eigenvalue weighted by molar-refractivity contribution is 0.661. The predicted octanol–water partition coefficient (Wildman–Crippen LogP) is 14.4. The number of anilines is 3. The first-order chi connectivity index (χ1) is 32.5. The molecule has 11 aromatic rings. The van der Waals surface area contributed by atoms with Crippen LogP contribution in [0.25, 0.3) is 65.7 Å². The second-order valence-corrected chi connectivity index (χ2v) is 23.6. The summed E-state index contributed by atoms with van der Waals surface area (Å²) in [5.41, 5.74) is 14.1. The van der Waals surface area contributed by atoms with E-state index in [9.17, 15) is 0 Å². The number of nitrogens with zero attached hydrogens (tertiary/aromatic N) is 1. The largest absolute Gasteiger partial charge is 0.308 e. The van der Waals surface area contributed by atoms with E-state index in [4.69, 9.17) is 0 Å². The van der Waals surface area contributed by atoms with Gasteiger partial charge in [0, 0.05) is 20.9 Å². The minimum Gasteiger partial charge on any atom is -0.308 e. The Balaban J connectivity index is 0.980. The van der Waals surface area contributed by atoms with Gasteiger partial charge in [-0.25, -0.2) is 0 Å². The van der Waals surface area contributed by atoms with Crippen LogP contribution in [0.5, 0.6) is 0 Å². The first-order valence-electron chi connectivity index (χ1n) is 23.1. The van der Waals surface area contributed by atoms with E-state index in [1.165, 1.54) is 124 Å². The van der Waals surface area contributed by atoms with Crippen molar-refractivity contribution in [2.45, 2.75) is 29.1 Å². The maximum absolute atomic E-state index is 2.68. The Morgan fingerprint density at radius 3 is 1.71 bits per heavy atom. The summed E-state index contributed by atoms with van der Waals surface area (Å²) in [4.78, 5) is 5.10. The topological polar surface area (TPSA) is 3.24 Å². The van der Waals surface area contributed by atoms with Crippen molar-refractivity contribution in [1.29, 1.82) is 0 Å². The van der Waals surface area contributed by atoms with Crippen molar-refractivity contribution in [3.63, 3.8) is 0 Å². The summed E-state index contributed by atoms with van der Waals surface area (Å²) in [5.74, 6) is 0. The third-order valence-electron chi connectivity index (χ3n) is 15.1. The van der Waals surface area contributed by atoms with Gasteiger partial charge in [-0.1, -0.05) is 214 Å². The van der Waals surface area contributed by atoms with Gasteiger partial charge in [-0.3, -0.25) is 0 Å². The first-order valence-corrected chi connectivity index (χ1v) is 25.9. The van der Waals surface area contributed by atoms with Crippen molar-refractivity contribution < 1.29 is 0 Å². The molecular weight excluding hydrogens is 831 g/mol. The van der Waals surface area contributed by atoms with Crippen molar-refractivity contribution in [3.8, 4) is 33.4 Å². The molecule has 2 aliphatic heterocycles. The van der Waals surface area contributed by atoms with Gasteiger partial charge in [0.15, 0.2) is 8.07 Å². The molecule has 1 aliphatic carbocycles. The fourth-order valence-corrected chi connectivity index (χ4v) is 18.4. The van der Waals surface area contributed by atoms with Gasteiger partial charge in [-0.15, -0.1) is 0 Å². The van der Waals surface area contributed by atoms with E-state index in [1.807, 2.05) is 11.8 Å². The molecule has 3 heteroatoms. The van der Waals surface area contributed by atoms with Gasteiger partial charge < -0.3 is 4.90 Å². The van der Waals surface area contributed by atoms with Crippen LogP contribution in [0.4, 0.5) is 17.1 Å². The van der Waals surface area contributed by atoms with E-state index in [0.717, 1.165) is 0 Å². The average Bonchev–Trinajstić information content (AvgIpc) is 3.81. The third kappa shape index (κ3) is 5.18. The number of hydrogen-bond donors (Lipinski definition) is 0. The highest BCUT2D eigenvalue weighted by Crippen LogP contribution is 2.57. The van der Waals surface area contributed by atoms with E-state index in [-0.39, 0.29) is 5.41 Å². The molecular formula is C63H43NSSi. The van der Waals surface area contributed by atoms with E-state index in [0.29, 0.717) is 0 Å². The maximum atomic E-state index is 2.55. The molecule has 2 heterocycles. The summed E-state index contributed by atoms with van der Waals surface area (Å²) < 4.78 is 0. The van der Waals surface area contributed by atoms with Crippen LogP contribution in [0.3, 0.4) is 0 Å². The molecule has 0 N–H and O–H groups in total. The molecule has 310 valence electrons. The molecule has 66 heavy (non-hydrogen) atoms. The van der Waals surface area contributed by atoms with Gasteiger partial charge in [0.2, 0.25) is 0 Å². The minimum atomic E-state index is -2.68. The van der Waals surface area contributed by atoms with Gasteiger partial charge in [0.1, 0.15) is 0 Å². The second-order valence-electron chi connectivity index (χ2n) is 18.8. The lowest BCUT2D eigenvalue weighted by Crippen LogP contribution is -2.72. The zero-order valence-electron chi connectivity index (χ0n) is 36.7. The second kappa shape index (κ2) is 14.0. The fourth-order valence-electron chi connectivity index (χ4n) is 12.1. The molecule has 14 rings (SSSR count). The highest BCUT2D eigenvalue weighted by molar-refractivity contribution is 8.00. The summed E-state index contributed by atoms with van der Waals surface area (Å²) in [6.07, 6.45) is 0. The highest BCUT2D eigenvalue weighted by Gasteiger charge is 2.49. The normalized spacial score (nSPS) is 14.7. The zero-order valence-corrected chi connectivity index (χ0v) is 38.5. The molecule has 1 nitrogen and oxygen atoms in total. The lowest BCUT2D eigenvalue weighted by atomic mass is 9.82. The number of hydrogen-bond acceptors (Lipinski definition) is 2. The number of rotatable bonds is 4. The molecule has 0 saturated carbocycles. The molecule has 0 radical (unpaired) electrons. The summed E-state index contributed by atoms with van der Waals surface area (Å²) in [6.45, 7) is 4.80. The van der Waals surface area contributed by atoms with Crippen LogP contribution in [0.2, 0.25) is 0 Å². The van der Waals surface area contributed by atoms with Crippen LogP contribution in [-0.4, -0.2) is 8.07 Å². The molecule has 0 unspecified atom stereocenters. The van der Waals surface area contributed by atoms with E-state index < -0.39 is 8.07 Å². The Bertz CT molecular complexity index is 3790. The monoisotopic (exact) mass is 873 g/mol. The van der Waals surface area contributed by atoms with Crippen LogP contribution < -0.4 is 25.6 Å². The van der Waals surface area contributed by atoms with Crippen LogP contribution >= 0.6 is 11.8 Å². The molecule has 0 aromatic heterocycles. The average molecular weight is 874 g/mol. The Morgan fingerprint density at radius 2 is 0.985 bits per heavy atom. The van der Waals surface area contributed by atoms with Gasteiger partial charge >= 0.3 is 0 Å². The van der Waals surface area contributed by atoms with E-state index in [1.54, 1.807) is 0 Å².